The van der Waals surface area contributed by atoms with Crippen LogP contribution in [0.1, 0.15) is 19.8 Å². The van der Waals surface area contributed by atoms with E-state index in [2.05, 4.69) is 9.47 Å². The summed E-state index contributed by atoms with van der Waals surface area (Å²) >= 11 is 0. The van der Waals surface area contributed by atoms with Crippen molar-refractivity contribution in [3.8, 4) is 0 Å². The fourth-order valence-corrected chi connectivity index (χ4v) is 3.44. The van der Waals surface area contributed by atoms with Crippen LogP contribution in [0.15, 0.2) is 0 Å². The lowest BCUT2D eigenvalue weighted by Crippen LogP contribution is -2.74. The average Bonchev–Trinajstić information content (AvgIpc) is 2.97. The second kappa shape index (κ2) is 14.8. The first-order valence-electron chi connectivity index (χ1n) is 13.3. The van der Waals surface area contributed by atoms with Gasteiger partial charge < -0.3 is 9.47 Å². The highest BCUT2D eigenvalue weighted by Crippen LogP contribution is 2.66. The van der Waals surface area contributed by atoms with Crippen molar-refractivity contribution in [3.63, 3.8) is 0 Å². The molecule has 38 heteroatoms. The molecule has 0 amide bonds. The average molecular weight is 982 g/mol. The van der Waals surface area contributed by atoms with E-state index in [1.165, 1.54) is 0 Å². The summed E-state index contributed by atoms with van der Waals surface area (Å²) in [4.78, 5) is 22.9. The third-order valence-electron chi connectivity index (χ3n) is 6.90. The van der Waals surface area contributed by atoms with Crippen LogP contribution in [0.25, 0.3) is 0 Å². The van der Waals surface area contributed by atoms with Crippen molar-refractivity contribution in [3.05, 3.63) is 0 Å². The third-order valence-corrected chi connectivity index (χ3v) is 6.90. The number of halogens is 34. The molecule has 4 nitrogen and oxygen atoms in total. The minimum Gasteiger partial charge on any atom is -0.396 e. The molecule has 0 aromatic carbocycles. The van der Waals surface area contributed by atoms with E-state index in [1.807, 2.05) is 0 Å². The summed E-state index contributed by atoms with van der Waals surface area (Å²) in [6.45, 7) is -0.131. The Bertz CT molecular complexity index is 1450. The number of carbonyl (C=O) groups is 2. The third kappa shape index (κ3) is 7.92. The van der Waals surface area contributed by atoms with Crippen LogP contribution in [-0.2, 0) is 19.1 Å². The lowest BCUT2D eigenvalue weighted by atomic mass is 9.90. The van der Waals surface area contributed by atoms with Gasteiger partial charge in [-0.3, -0.25) is 9.59 Å². The van der Waals surface area contributed by atoms with Gasteiger partial charge in [-0.25, -0.2) is 0 Å². The van der Waals surface area contributed by atoms with Gasteiger partial charge in [0.05, 0.1) is 0 Å². The van der Waals surface area contributed by atoms with Crippen molar-refractivity contribution in [1.29, 1.82) is 0 Å². The molecular formula is C22H8F34O4. The molecule has 0 heterocycles. The van der Waals surface area contributed by atoms with Crippen LogP contribution in [0.2, 0.25) is 0 Å². The van der Waals surface area contributed by atoms with Crippen LogP contribution in [0.3, 0.4) is 0 Å². The molecule has 358 valence electrons. The molecule has 0 bridgehead atoms. The first-order chi connectivity index (χ1) is 25.4. The van der Waals surface area contributed by atoms with Crippen LogP contribution in [0.5, 0.6) is 0 Å². The van der Waals surface area contributed by atoms with Crippen molar-refractivity contribution in [2.75, 3.05) is 0 Å². The molecule has 0 fully saturated rings. The van der Waals surface area contributed by atoms with Gasteiger partial charge in [0.25, 0.3) is 0 Å². The number of esters is 2. The summed E-state index contributed by atoms with van der Waals surface area (Å²) in [6.07, 6.45) is -37.4. The summed E-state index contributed by atoms with van der Waals surface area (Å²) in [6, 6.07) is 0. The fraction of sp³-hybridized carbons (Fsp3) is 0.909. The molecule has 0 saturated heterocycles. The molecule has 0 unspecified atom stereocenters. The predicted octanol–water partition coefficient (Wildman–Crippen LogP) is 11.4. The lowest BCUT2D eigenvalue weighted by Gasteiger charge is -2.42. The van der Waals surface area contributed by atoms with Crippen LogP contribution in [0.4, 0.5) is 149 Å². The number of hydrogen-bond acceptors (Lipinski definition) is 4. The quantitative estimate of drug-likeness (QED) is 0.101. The Kier molecular flexibility index (Phi) is 14.0. The standard InChI is InChI=1S/C22H8F34O4/c1-4(2-5(57)59-21(53,54)17(43,44)13(35,36)9(27,28)7(23,24)11(31,32)15(39,40)19(47,48)49)3-6(58)60-22(55,56)18(45,46)14(37,38)10(29,30)8(25,26)12(33,34)16(41,42)20(50,51)52/h4H,2-3H2,1H3. The first-order valence-corrected chi connectivity index (χ1v) is 13.3. The normalized spacial score (nSPS) is 16.3. The zero-order valence-corrected chi connectivity index (χ0v) is 26.5. The van der Waals surface area contributed by atoms with E-state index in [9.17, 15) is 159 Å². The second-order valence-corrected chi connectivity index (χ2v) is 11.4. The van der Waals surface area contributed by atoms with E-state index in [1.54, 1.807) is 0 Å². The zero-order chi connectivity index (χ0) is 49.6. The number of carbonyl (C=O) groups excluding carboxylic acids is 2. The van der Waals surface area contributed by atoms with Crippen LogP contribution < -0.4 is 0 Å². The summed E-state index contributed by atoms with van der Waals surface area (Å²) < 4.78 is 455. The molecule has 0 rings (SSSR count). The van der Waals surface area contributed by atoms with E-state index in [0.717, 1.165) is 0 Å². The number of ether oxygens (including phenoxy) is 2. The predicted molar refractivity (Wildman–Crippen MR) is 112 cm³/mol. The van der Waals surface area contributed by atoms with Gasteiger partial charge in [0.2, 0.25) is 0 Å². The summed E-state index contributed by atoms with van der Waals surface area (Å²) in [5.74, 6) is -117. The van der Waals surface area contributed by atoms with E-state index in [0.29, 0.717) is 0 Å². The van der Waals surface area contributed by atoms with Gasteiger partial charge in [-0.05, 0) is 5.92 Å². The van der Waals surface area contributed by atoms with Gasteiger partial charge in [-0.1, -0.05) is 6.92 Å². The van der Waals surface area contributed by atoms with Gasteiger partial charge in [-0.15, -0.1) is 0 Å². The van der Waals surface area contributed by atoms with E-state index in [-0.39, 0.29) is 6.92 Å². The summed E-state index contributed by atoms with van der Waals surface area (Å²) in [5, 5.41) is 0. The molecule has 0 aliphatic rings. The maximum atomic E-state index is 13.8. The van der Waals surface area contributed by atoms with Gasteiger partial charge in [0, 0.05) is 12.8 Å². The molecular weight excluding hydrogens is 974 g/mol. The number of hydrogen-bond donors (Lipinski definition) is 0. The van der Waals surface area contributed by atoms with Crippen molar-refractivity contribution in [2.45, 2.75) is 115 Å². The molecule has 0 spiro atoms. The molecule has 60 heavy (non-hydrogen) atoms. The van der Waals surface area contributed by atoms with Gasteiger partial charge >= 0.3 is 108 Å². The SMILES string of the molecule is CC(CC(=O)OC(F)(F)C(F)(F)C(F)(F)C(F)(F)C(F)(F)C(F)(F)C(F)(F)C(F)(F)F)CC(=O)OC(F)(F)C(F)(F)C(F)(F)C(F)(F)C(F)(F)C(F)(F)C(F)(F)C(F)(F)F. The highest BCUT2D eigenvalue weighted by Gasteiger charge is 2.97. The van der Waals surface area contributed by atoms with Crippen molar-refractivity contribution in [1.82, 2.24) is 0 Å². The fourth-order valence-electron chi connectivity index (χ4n) is 3.44. The smallest absolute Gasteiger partial charge is 0.396 e. The molecule has 0 aliphatic carbocycles. The Morgan fingerprint density at radius 1 is 0.300 bits per heavy atom. The zero-order valence-electron chi connectivity index (χ0n) is 26.5. The van der Waals surface area contributed by atoms with Crippen molar-refractivity contribution in [2.24, 2.45) is 5.92 Å². The van der Waals surface area contributed by atoms with Crippen molar-refractivity contribution < 1.29 is 168 Å². The maximum Gasteiger partial charge on any atom is 0.473 e. The second-order valence-electron chi connectivity index (χ2n) is 11.4. The monoisotopic (exact) mass is 982 g/mol. The first kappa shape index (κ1) is 56.6. The molecule has 0 radical (unpaired) electrons. The topological polar surface area (TPSA) is 52.6 Å². The van der Waals surface area contributed by atoms with Gasteiger partial charge in [0.15, 0.2) is 0 Å². The molecule has 0 atom stereocenters. The Hall–Kier alpha value is -3.44. The molecule has 0 aromatic heterocycles. The molecule has 0 N–H and O–H groups in total. The molecule has 0 aliphatic heterocycles. The molecule has 0 saturated carbocycles. The minimum atomic E-state index is -9.20. The summed E-state index contributed by atoms with van der Waals surface area (Å²) in [7, 11) is 0. The number of rotatable bonds is 18. The van der Waals surface area contributed by atoms with Crippen LogP contribution >= 0.6 is 0 Å². The number of alkyl halides is 34. The van der Waals surface area contributed by atoms with Crippen LogP contribution in [-0.4, -0.2) is 108 Å². The highest BCUT2D eigenvalue weighted by molar-refractivity contribution is 5.73. The Morgan fingerprint density at radius 2 is 0.450 bits per heavy atom. The molecule has 0 aromatic rings. The maximum absolute atomic E-state index is 13.8. The highest BCUT2D eigenvalue weighted by atomic mass is 19.4. The van der Waals surface area contributed by atoms with E-state index < -0.39 is 126 Å². The minimum absolute atomic E-state index is 0.131. The van der Waals surface area contributed by atoms with Gasteiger partial charge in [0.1, 0.15) is 0 Å². The lowest BCUT2D eigenvalue weighted by molar-refractivity contribution is -0.474. The van der Waals surface area contributed by atoms with Crippen molar-refractivity contribution >= 4 is 11.9 Å². The largest absolute Gasteiger partial charge is 0.473 e. The van der Waals surface area contributed by atoms with E-state index >= 15 is 0 Å². The summed E-state index contributed by atoms with van der Waals surface area (Å²) in [5.41, 5.74) is 0. The van der Waals surface area contributed by atoms with Gasteiger partial charge in [-0.2, -0.15) is 149 Å². The Labute approximate surface area is 303 Å². The Morgan fingerprint density at radius 3 is 0.617 bits per heavy atom. The Balaban J connectivity index is 6.42. The van der Waals surface area contributed by atoms with E-state index in [4.69, 9.17) is 0 Å². The van der Waals surface area contributed by atoms with Crippen LogP contribution in [0, 0.1) is 5.92 Å².